The van der Waals surface area contributed by atoms with Gasteiger partial charge in [0.15, 0.2) is 11.6 Å². The topological polar surface area (TPSA) is 52.6 Å². The molecule has 1 aliphatic carbocycles. The lowest BCUT2D eigenvalue weighted by molar-refractivity contribution is -0.276. The van der Waals surface area contributed by atoms with E-state index in [0.717, 1.165) is 25.7 Å². The van der Waals surface area contributed by atoms with Crippen LogP contribution in [-0.2, 0) is 14.3 Å². The molecule has 0 N–H and O–H groups in total. The Morgan fingerprint density at radius 2 is 1.45 bits per heavy atom. The summed E-state index contributed by atoms with van der Waals surface area (Å²) in [5.41, 5.74) is 0.286. The van der Waals surface area contributed by atoms with Crippen molar-refractivity contribution < 1.29 is 43.7 Å². The summed E-state index contributed by atoms with van der Waals surface area (Å²) in [6, 6.07) is 13.3. The summed E-state index contributed by atoms with van der Waals surface area (Å²) in [4.78, 5) is 0.102. The minimum atomic E-state index is -5.28. The summed E-state index contributed by atoms with van der Waals surface area (Å²) < 4.78 is 113. The number of rotatable bonds is 8. The third-order valence-corrected chi connectivity index (χ3v) is 7.96. The quantitative estimate of drug-likeness (QED) is 0.210. The Bertz CT molecular complexity index is 1350. The molecule has 0 aliphatic heterocycles. The summed E-state index contributed by atoms with van der Waals surface area (Å²) in [6.07, 6.45) is -1.65. The molecule has 3 aromatic rings. The van der Waals surface area contributed by atoms with Gasteiger partial charge in [-0.1, -0.05) is 30.3 Å². The predicted molar refractivity (Wildman–Crippen MR) is 127 cm³/mol. The van der Waals surface area contributed by atoms with E-state index >= 15 is 0 Å². The van der Waals surface area contributed by atoms with Gasteiger partial charge >= 0.3 is 6.36 Å². The van der Waals surface area contributed by atoms with Crippen LogP contribution in [0.4, 0.5) is 26.3 Å². The number of hydrogen-bond donors (Lipinski definition) is 0. The molecule has 4 nitrogen and oxygen atoms in total. The first-order chi connectivity index (χ1) is 17.9. The van der Waals surface area contributed by atoms with E-state index in [2.05, 4.69) is 4.74 Å². The first-order valence-corrected chi connectivity index (χ1v) is 13.3. The van der Waals surface area contributed by atoms with Crippen LogP contribution < -0.4 is 4.74 Å². The number of ether oxygens (including phenoxy) is 1. The van der Waals surface area contributed by atoms with Crippen molar-refractivity contribution in [3.63, 3.8) is 0 Å². The Labute approximate surface area is 216 Å². The Balaban J connectivity index is 1.34. The van der Waals surface area contributed by atoms with Crippen molar-refractivity contribution in [1.29, 1.82) is 0 Å². The van der Waals surface area contributed by atoms with Gasteiger partial charge in [0, 0.05) is 5.56 Å². The van der Waals surface area contributed by atoms with Crippen LogP contribution in [0.2, 0.25) is 0 Å². The van der Waals surface area contributed by atoms with E-state index in [0.29, 0.717) is 24.1 Å². The van der Waals surface area contributed by atoms with Crippen LogP contribution in [0.25, 0.3) is 11.1 Å². The van der Waals surface area contributed by atoms with Crippen LogP contribution in [0.5, 0.6) is 5.75 Å². The van der Waals surface area contributed by atoms with E-state index in [1.807, 2.05) is 0 Å². The largest absolute Gasteiger partial charge is 0.573 e. The number of alkyl halides is 3. The van der Waals surface area contributed by atoms with Crippen LogP contribution in [-0.4, -0.2) is 21.4 Å². The van der Waals surface area contributed by atoms with Crippen molar-refractivity contribution >= 4 is 10.1 Å². The highest BCUT2D eigenvalue weighted by atomic mass is 32.2. The lowest BCUT2D eigenvalue weighted by atomic mass is 9.77. The first kappa shape index (κ1) is 28.0. The highest BCUT2D eigenvalue weighted by Crippen LogP contribution is 2.39. The van der Waals surface area contributed by atoms with Gasteiger partial charge in [-0.25, -0.2) is 13.2 Å². The lowest BCUT2D eigenvalue weighted by Gasteiger charge is -2.29. The SMILES string of the molecule is O=S(=O)(OCC[C@H]1CC[C@H](c2ccc(-c3cc(F)c(OC(F)(F)F)c(F)c3)c(F)c2)CC1)c1ccccc1. The average Bonchev–Trinajstić information content (AvgIpc) is 2.86. The Morgan fingerprint density at radius 1 is 0.816 bits per heavy atom. The maximum Gasteiger partial charge on any atom is 0.573 e. The molecule has 11 heteroatoms. The fourth-order valence-corrected chi connectivity index (χ4v) is 5.65. The predicted octanol–water partition coefficient (Wildman–Crippen LogP) is 7.74. The molecule has 4 rings (SSSR count). The monoisotopic (exact) mass is 558 g/mol. The van der Waals surface area contributed by atoms with E-state index in [1.165, 1.54) is 24.3 Å². The van der Waals surface area contributed by atoms with E-state index in [4.69, 9.17) is 4.18 Å². The molecular weight excluding hydrogens is 534 g/mol. The number of benzene rings is 3. The molecule has 1 fully saturated rings. The number of hydrogen-bond acceptors (Lipinski definition) is 4. The fourth-order valence-electron chi connectivity index (χ4n) is 4.71. The molecule has 0 aromatic heterocycles. The highest BCUT2D eigenvalue weighted by molar-refractivity contribution is 7.86. The second-order valence-electron chi connectivity index (χ2n) is 9.15. The Hall–Kier alpha value is -3.05. The van der Waals surface area contributed by atoms with Gasteiger partial charge in [-0.2, -0.15) is 8.42 Å². The molecule has 0 atom stereocenters. The molecule has 38 heavy (non-hydrogen) atoms. The van der Waals surface area contributed by atoms with Gasteiger partial charge in [-0.15, -0.1) is 13.2 Å². The van der Waals surface area contributed by atoms with Crippen LogP contribution in [0.3, 0.4) is 0 Å². The Morgan fingerprint density at radius 3 is 2.03 bits per heavy atom. The highest BCUT2D eigenvalue weighted by Gasteiger charge is 2.34. The van der Waals surface area contributed by atoms with Crippen molar-refractivity contribution in [2.75, 3.05) is 6.61 Å². The zero-order valence-corrected chi connectivity index (χ0v) is 20.8. The molecule has 0 heterocycles. The summed E-state index contributed by atoms with van der Waals surface area (Å²) >= 11 is 0. The molecule has 1 saturated carbocycles. The standard InChI is InChI=1S/C27H24F6O4S/c28-23-14-19(10-11-22(23)20-15-24(29)26(25(30)16-20)37-27(31,32)33)18-8-6-17(7-9-18)12-13-36-38(34,35)21-4-2-1-3-5-21/h1-5,10-11,14-18H,6-9,12-13H2/t17-,18-. The molecule has 0 radical (unpaired) electrons. The van der Waals surface area contributed by atoms with Crippen LogP contribution in [0.1, 0.15) is 43.6 Å². The van der Waals surface area contributed by atoms with Gasteiger partial charge in [-0.05, 0) is 85.4 Å². The normalized spacial score (nSPS) is 18.4. The van der Waals surface area contributed by atoms with Crippen LogP contribution in [0, 0.1) is 23.4 Å². The smallest absolute Gasteiger partial charge is 0.399 e. The van der Waals surface area contributed by atoms with Gasteiger partial charge in [0.2, 0.25) is 5.75 Å². The molecule has 0 unspecified atom stereocenters. The van der Waals surface area contributed by atoms with E-state index < -0.39 is 39.7 Å². The molecule has 204 valence electrons. The van der Waals surface area contributed by atoms with Crippen LogP contribution in [0.15, 0.2) is 65.6 Å². The second-order valence-corrected chi connectivity index (χ2v) is 10.8. The minimum absolute atomic E-state index is 0.0415. The number of halogens is 6. The van der Waals surface area contributed by atoms with Gasteiger partial charge in [0.25, 0.3) is 10.1 Å². The van der Waals surface area contributed by atoms with Gasteiger partial charge in [0.1, 0.15) is 5.82 Å². The minimum Gasteiger partial charge on any atom is -0.399 e. The lowest BCUT2D eigenvalue weighted by Crippen LogP contribution is -2.19. The van der Waals surface area contributed by atoms with Crippen LogP contribution >= 0.6 is 0 Å². The second kappa shape index (κ2) is 11.4. The van der Waals surface area contributed by atoms with Crippen molar-refractivity contribution in [3.05, 3.63) is 83.7 Å². The summed E-state index contributed by atoms with van der Waals surface area (Å²) in [5, 5.41) is 0. The fraction of sp³-hybridized carbons (Fsp3) is 0.333. The van der Waals surface area contributed by atoms with Gasteiger partial charge in [0.05, 0.1) is 11.5 Å². The summed E-state index contributed by atoms with van der Waals surface area (Å²) in [7, 11) is -3.81. The molecule has 0 saturated heterocycles. The molecule has 1 aliphatic rings. The van der Waals surface area contributed by atoms with Crippen molar-refractivity contribution in [1.82, 2.24) is 0 Å². The van der Waals surface area contributed by atoms with Crippen molar-refractivity contribution in [2.45, 2.75) is 49.3 Å². The van der Waals surface area contributed by atoms with E-state index in [-0.39, 0.29) is 34.5 Å². The van der Waals surface area contributed by atoms with Crippen molar-refractivity contribution in [3.8, 4) is 16.9 Å². The van der Waals surface area contributed by atoms with E-state index in [9.17, 15) is 34.8 Å². The molecule has 0 bridgehead atoms. The van der Waals surface area contributed by atoms with Gasteiger partial charge in [-0.3, -0.25) is 4.18 Å². The average molecular weight is 559 g/mol. The third-order valence-electron chi connectivity index (χ3n) is 6.63. The van der Waals surface area contributed by atoms with Gasteiger partial charge < -0.3 is 4.74 Å². The van der Waals surface area contributed by atoms with E-state index in [1.54, 1.807) is 24.3 Å². The zero-order chi connectivity index (χ0) is 27.5. The molecular formula is C27H24F6O4S. The maximum absolute atomic E-state index is 14.9. The summed E-state index contributed by atoms with van der Waals surface area (Å²) in [6.45, 7) is 0.0653. The van der Waals surface area contributed by atoms with Crippen molar-refractivity contribution in [2.24, 2.45) is 5.92 Å². The Kier molecular flexibility index (Phi) is 8.37. The third kappa shape index (κ3) is 6.87. The molecule has 0 amide bonds. The zero-order valence-electron chi connectivity index (χ0n) is 20.0. The molecule has 3 aromatic carbocycles. The summed E-state index contributed by atoms with van der Waals surface area (Å²) in [5.74, 6) is -5.26. The first-order valence-electron chi connectivity index (χ1n) is 11.9. The molecule has 0 spiro atoms. The maximum atomic E-state index is 14.9.